The summed E-state index contributed by atoms with van der Waals surface area (Å²) in [5.41, 5.74) is 3.75. The van der Waals surface area contributed by atoms with E-state index in [-0.39, 0.29) is 5.97 Å². The maximum absolute atomic E-state index is 11.3. The Balaban J connectivity index is 2.09. The van der Waals surface area contributed by atoms with E-state index in [0.717, 1.165) is 13.0 Å². The fraction of sp³-hybridized carbons (Fsp3) is 0.438. The molecule has 2 rings (SSSR count). The quantitative estimate of drug-likeness (QED) is 0.768. The van der Waals surface area contributed by atoms with E-state index in [2.05, 4.69) is 42.7 Å². The summed E-state index contributed by atoms with van der Waals surface area (Å²) in [6.07, 6.45) is 1.30. The van der Waals surface area contributed by atoms with Crippen molar-refractivity contribution < 1.29 is 9.53 Å². The number of fused-ring (bicyclic) bond motifs is 1. The summed E-state index contributed by atoms with van der Waals surface area (Å²) in [5.74, 6) is -0.104. The Labute approximate surface area is 114 Å². The van der Waals surface area contributed by atoms with Gasteiger partial charge in [0.05, 0.1) is 6.61 Å². The predicted molar refractivity (Wildman–Crippen MR) is 77.3 cm³/mol. The first kappa shape index (κ1) is 13.7. The number of esters is 1. The first-order chi connectivity index (χ1) is 9.11. The van der Waals surface area contributed by atoms with Gasteiger partial charge in [-0.2, -0.15) is 0 Å². The molecule has 3 nitrogen and oxygen atoms in total. The second-order valence-electron chi connectivity index (χ2n) is 4.91. The Morgan fingerprint density at radius 3 is 2.79 bits per heavy atom. The third-order valence-electron chi connectivity index (χ3n) is 3.33. The highest BCUT2D eigenvalue weighted by molar-refractivity contribution is 5.82. The van der Waals surface area contributed by atoms with Gasteiger partial charge in [0.25, 0.3) is 0 Å². The summed E-state index contributed by atoms with van der Waals surface area (Å²) >= 11 is 0. The number of benzene rings is 1. The van der Waals surface area contributed by atoms with Crippen LogP contribution in [-0.2, 0) is 16.1 Å². The summed E-state index contributed by atoms with van der Waals surface area (Å²) in [7, 11) is 0. The molecule has 1 heterocycles. The molecular formula is C16H21NO2. The lowest BCUT2D eigenvalue weighted by molar-refractivity contribution is -0.143. The number of nitrogens with zero attached hydrogens (tertiary/aromatic N) is 1. The molecule has 0 fully saturated rings. The molecule has 0 unspecified atom stereocenters. The maximum atomic E-state index is 11.3. The number of hydrogen-bond acceptors (Lipinski definition) is 2. The van der Waals surface area contributed by atoms with Crippen LogP contribution in [-0.4, -0.2) is 17.1 Å². The molecule has 0 bridgehead atoms. The lowest BCUT2D eigenvalue weighted by Crippen LogP contribution is -2.07. The molecule has 0 atom stereocenters. The molecule has 0 aliphatic carbocycles. The van der Waals surface area contributed by atoms with Gasteiger partial charge in [-0.05, 0) is 50.3 Å². The third-order valence-corrected chi connectivity index (χ3v) is 3.33. The van der Waals surface area contributed by atoms with Crippen LogP contribution in [0.4, 0.5) is 0 Å². The molecule has 0 spiro atoms. The second kappa shape index (κ2) is 5.91. The molecular weight excluding hydrogens is 238 g/mol. The van der Waals surface area contributed by atoms with Crippen molar-refractivity contribution in [2.24, 2.45) is 0 Å². The zero-order chi connectivity index (χ0) is 13.8. The summed E-state index contributed by atoms with van der Waals surface area (Å²) in [6.45, 7) is 7.37. The Morgan fingerprint density at radius 1 is 1.26 bits per heavy atom. The molecule has 102 valence electrons. The van der Waals surface area contributed by atoms with Crippen LogP contribution in [0.2, 0.25) is 0 Å². The molecule has 3 heteroatoms. The van der Waals surface area contributed by atoms with Crippen LogP contribution >= 0.6 is 0 Å². The summed E-state index contributed by atoms with van der Waals surface area (Å²) < 4.78 is 7.23. The number of aryl methyl sites for hydroxylation is 3. The minimum absolute atomic E-state index is 0.104. The molecule has 0 saturated carbocycles. The van der Waals surface area contributed by atoms with Crippen LogP contribution in [0.25, 0.3) is 10.9 Å². The maximum Gasteiger partial charge on any atom is 0.305 e. The Morgan fingerprint density at radius 2 is 2.05 bits per heavy atom. The molecule has 1 aromatic heterocycles. The van der Waals surface area contributed by atoms with E-state index in [0.29, 0.717) is 13.0 Å². The second-order valence-corrected chi connectivity index (χ2v) is 4.91. The van der Waals surface area contributed by atoms with Gasteiger partial charge in [-0.3, -0.25) is 4.79 Å². The highest BCUT2D eigenvalue weighted by Gasteiger charge is 2.07. The average molecular weight is 259 g/mol. The summed E-state index contributed by atoms with van der Waals surface area (Å²) in [4.78, 5) is 11.3. The predicted octanol–water partition coefficient (Wildman–Crippen LogP) is 3.60. The molecule has 0 aliphatic heterocycles. The van der Waals surface area contributed by atoms with Crippen LogP contribution in [0, 0.1) is 13.8 Å². The van der Waals surface area contributed by atoms with E-state index in [9.17, 15) is 4.79 Å². The van der Waals surface area contributed by atoms with Crippen molar-refractivity contribution in [2.75, 3.05) is 6.61 Å². The van der Waals surface area contributed by atoms with Gasteiger partial charge in [0.1, 0.15) is 0 Å². The van der Waals surface area contributed by atoms with E-state index < -0.39 is 0 Å². The standard InChI is InChI=1S/C16H21NO2/c1-4-19-16(18)6-5-9-17-13(3)11-14-8-7-12(2)10-15(14)17/h7-8,10-11H,4-6,9H2,1-3H3. The van der Waals surface area contributed by atoms with Gasteiger partial charge in [0, 0.05) is 24.2 Å². The van der Waals surface area contributed by atoms with Crippen molar-refractivity contribution in [3.05, 3.63) is 35.5 Å². The number of carbonyl (C=O) groups is 1. The SMILES string of the molecule is CCOC(=O)CCCn1c(C)cc2ccc(C)cc21. The molecule has 2 aromatic rings. The van der Waals surface area contributed by atoms with E-state index in [4.69, 9.17) is 4.74 Å². The van der Waals surface area contributed by atoms with Crippen LogP contribution in [0.1, 0.15) is 31.0 Å². The fourth-order valence-corrected chi connectivity index (χ4v) is 2.41. The van der Waals surface area contributed by atoms with Gasteiger partial charge in [-0.15, -0.1) is 0 Å². The highest BCUT2D eigenvalue weighted by atomic mass is 16.5. The Bertz CT molecular complexity index is 584. The van der Waals surface area contributed by atoms with Gasteiger partial charge in [-0.1, -0.05) is 12.1 Å². The van der Waals surface area contributed by atoms with Crippen molar-refractivity contribution in [2.45, 2.75) is 40.2 Å². The molecule has 19 heavy (non-hydrogen) atoms. The zero-order valence-corrected chi connectivity index (χ0v) is 11.9. The van der Waals surface area contributed by atoms with E-state index in [1.54, 1.807) is 0 Å². The van der Waals surface area contributed by atoms with E-state index in [1.165, 1.54) is 22.2 Å². The zero-order valence-electron chi connectivity index (χ0n) is 11.9. The van der Waals surface area contributed by atoms with Crippen molar-refractivity contribution in [1.29, 1.82) is 0 Å². The minimum atomic E-state index is -0.104. The van der Waals surface area contributed by atoms with Crippen LogP contribution in [0.15, 0.2) is 24.3 Å². The van der Waals surface area contributed by atoms with Gasteiger partial charge in [0.15, 0.2) is 0 Å². The minimum Gasteiger partial charge on any atom is -0.466 e. The van der Waals surface area contributed by atoms with E-state index in [1.807, 2.05) is 6.92 Å². The first-order valence-electron chi connectivity index (χ1n) is 6.84. The molecule has 1 aromatic carbocycles. The van der Waals surface area contributed by atoms with Gasteiger partial charge in [-0.25, -0.2) is 0 Å². The molecule has 0 saturated heterocycles. The average Bonchev–Trinajstić information content (AvgIpc) is 2.66. The molecule has 0 aliphatic rings. The van der Waals surface area contributed by atoms with Gasteiger partial charge in [0.2, 0.25) is 0 Å². The highest BCUT2D eigenvalue weighted by Crippen LogP contribution is 2.21. The van der Waals surface area contributed by atoms with Gasteiger partial charge >= 0.3 is 5.97 Å². The van der Waals surface area contributed by atoms with Crippen molar-refractivity contribution in [3.8, 4) is 0 Å². The number of ether oxygens (including phenoxy) is 1. The number of carbonyl (C=O) groups excluding carboxylic acids is 1. The summed E-state index contributed by atoms with van der Waals surface area (Å²) in [6, 6.07) is 8.68. The van der Waals surface area contributed by atoms with E-state index >= 15 is 0 Å². The number of rotatable bonds is 5. The van der Waals surface area contributed by atoms with Crippen LogP contribution in [0.3, 0.4) is 0 Å². The van der Waals surface area contributed by atoms with Crippen LogP contribution in [0.5, 0.6) is 0 Å². The lowest BCUT2D eigenvalue weighted by Gasteiger charge is -2.08. The number of aromatic nitrogens is 1. The van der Waals surface area contributed by atoms with Gasteiger partial charge < -0.3 is 9.30 Å². The summed E-state index contributed by atoms with van der Waals surface area (Å²) in [5, 5.41) is 1.26. The molecule has 0 amide bonds. The third kappa shape index (κ3) is 3.16. The normalized spacial score (nSPS) is 10.9. The monoisotopic (exact) mass is 259 g/mol. The largest absolute Gasteiger partial charge is 0.466 e. The lowest BCUT2D eigenvalue weighted by atomic mass is 10.2. The number of hydrogen-bond donors (Lipinski definition) is 0. The topological polar surface area (TPSA) is 31.2 Å². The van der Waals surface area contributed by atoms with Crippen molar-refractivity contribution in [3.63, 3.8) is 0 Å². The Kier molecular flexibility index (Phi) is 4.25. The van der Waals surface area contributed by atoms with Crippen molar-refractivity contribution >= 4 is 16.9 Å². The van der Waals surface area contributed by atoms with Crippen molar-refractivity contribution in [1.82, 2.24) is 4.57 Å². The Hall–Kier alpha value is -1.77. The molecule has 0 radical (unpaired) electrons. The first-order valence-corrected chi connectivity index (χ1v) is 6.84. The molecule has 0 N–H and O–H groups in total. The smallest absolute Gasteiger partial charge is 0.305 e. The van der Waals surface area contributed by atoms with Crippen LogP contribution < -0.4 is 0 Å². The fourth-order valence-electron chi connectivity index (χ4n) is 2.41.